The highest BCUT2D eigenvalue weighted by atomic mass is 16.3. The molecule has 0 aliphatic heterocycles. The van der Waals surface area contributed by atoms with E-state index in [2.05, 4.69) is 0 Å². The monoisotopic (exact) mass is 204 g/mol. The summed E-state index contributed by atoms with van der Waals surface area (Å²) in [5.74, 6) is -2.24. The Labute approximate surface area is 85.6 Å². The van der Waals surface area contributed by atoms with Crippen LogP contribution < -0.4 is 0 Å². The summed E-state index contributed by atoms with van der Waals surface area (Å²) in [4.78, 5) is 34.1. The lowest BCUT2D eigenvalue weighted by Crippen LogP contribution is -2.12. The van der Waals surface area contributed by atoms with E-state index >= 15 is 0 Å². The first-order chi connectivity index (χ1) is 7.11. The highest BCUT2D eigenvalue weighted by Gasteiger charge is 2.41. The second-order valence-electron chi connectivity index (χ2n) is 3.35. The number of furan rings is 1. The first kappa shape index (κ1) is 9.58. The molecule has 1 aromatic heterocycles. The minimum absolute atomic E-state index is 0.0811. The Bertz CT molecular complexity index is 465. The van der Waals surface area contributed by atoms with Gasteiger partial charge >= 0.3 is 0 Å². The average molecular weight is 204 g/mol. The lowest BCUT2D eigenvalue weighted by molar-refractivity contribution is -0.135. The minimum atomic E-state index is -0.848. The van der Waals surface area contributed by atoms with Gasteiger partial charge in [-0.2, -0.15) is 0 Å². The van der Waals surface area contributed by atoms with Crippen LogP contribution in [0.25, 0.3) is 6.08 Å². The van der Waals surface area contributed by atoms with Crippen molar-refractivity contribution in [3.05, 3.63) is 29.7 Å². The van der Waals surface area contributed by atoms with Gasteiger partial charge in [0.05, 0.1) is 17.8 Å². The molecule has 1 fully saturated rings. The predicted molar refractivity (Wildman–Crippen MR) is 50.9 cm³/mol. The van der Waals surface area contributed by atoms with Crippen LogP contribution in [-0.2, 0) is 14.4 Å². The molecule has 0 N–H and O–H groups in total. The molecule has 4 nitrogen and oxygen atoms in total. The predicted octanol–water partition coefficient (Wildman–Crippen LogP) is 1.02. The van der Waals surface area contributed by atoms with E-state index in [9.17, 15) is 14.4 Å². The van der Waals surface area contributed by atoms with Crippen LogP contribution in [-0.4, -0.2) is 17.3 Å². The van der Waals surface area contributed by atoms with Crippen LogP contribution in [0.2, 0.25) is 0 Å². The Morgan fingerprint density at radius 2 is 2.00 bits per heavy atom. The van der Waals surface area contributed by atoms with Crippen molar-refractivity contribution >= 4 is 23.4 Å². The van der Waals surface area contributed by atoms with Crippen LogP contribution in [0.3, 0.4) is 0 Å². The first-order valence-corrected chi connectivity index (χ1v) is 4.49. The molecule has 1 unspecified atom stereocenters. The molecule has 0 amide bonds. The van der Waals surface area contributed by atoms with Crippen molar-refractivity contribution < 1.29 is 18.8 Å². The van der Waals surface area contributed by atoms with Crippen molar-refractivity contribution in [2.24, 2.45) is 5.92 Å². The van der Waals surface area contributed by atoms with Crippen LogP contribution in [0.4, 0.5) is 0 Å². The molecule has 0 bridgehead atoms. The van der Waals surface area contributed by atoms with E-state index in [-0.39, 0.29) is 5.57 Å². The summed E-state index contributed by atoms with van der Waals surface area (Å²) in [6.07, 6.45) is 2.74. The zero-order chi connectivity index (χ0) is 11.0. The molecule has 4 heteroatoms. The fourth-order valence-corrected chi connectivity index (χ4v) is 1.45. The lowest BCUT2D eigenvalue weighted by Gasteiger charge is -1.91. The Morgan fingerprint density at radius 1 is 1.27 bits per heavy atom. The summed E-state index contributed by atoms with van der Waals surface area (Å²) >= 11 is 0. The van der Waals surface area contributed by atoms with E-state index in [0.29, 0.717) is 5.76 Å². The van der Waals surface area contributed by atoms with Gasteiger partial charge in [-0.15, -0.1) is 0 Å². The van der Waals surface area contributed by atoms with E-state index in [1.807, 2.05) is 0 Å². The number of allylic oxidation sites excluding steroid dienone is 1. The average Bonchev–Trinajstić information content (AvgIpc) is 2.79. The highest BCUT2D eigenvalue weighted by molar-refractivity contribution is 6.60. The van der Waals surface area contributed by atoms with Gasteiger partial charge in [0.2, 0.25) is 11.6 Å². The molecule has 2 rings (SSSR count). The van der Waals surface area contributed by atoms with Crippen LogP contribution >= 0.6 is 0 Å². The fourth-order valence-electron chi connectivity index (χ4n) is 1.45. The third kappa shape index (κ3) is 1.44. The topological polar surface area (TPSA) is 64.3 Å². The summed E-state index contributed by atoms with van der Waals surface area (Å²) in [6.45, 7) is 1.44. The molecule has 1 aliphatic rings. The van der Waals surface area contributed by atoms with E-state index < -0.39 is 23.3 Å². The molecule has 0 radical (unpaired) electrons. The Kier molecular flexibility index (Phi) is 2.11. The van der Waals surface area contributed by atoms with Gasteiger partial charge in [0.25, 0.3) is 0 Å². The molecular formula is C11H8O4. The maximum absolute atomic E-state index is 11.5. The molecule has 1 aliphatic carbocycles. The van der Waals surface area contributed by atoms with Gasteiger partial charge in [-0.1, -0.05) is 0 Å². The van der Waals surface area contributed by atoms with Crippen molar-refractivity contribution in [1.82, 2.24) is 0 Å². The molecule has 0 aromatic carbocycles. The third-order valence-corrected chi connectivity index (χ3v) is 2.35. The summed E-state index contributed by atoms with van der Waals surface area (Å²) in [5.41, 5.74) is -0.0811. The van der Waals surface area contributed by atoms with Gasteiger partial charge in [-0.05, 0) is 25.1 Å². The summed E-state index contributed by atoms with van der Waals surface area (Å²) in [5, 5.41) is 0. The molecule has 0 saturated heterocycles. The van der Waals surface area contributed by atoms with E-state index in [1.165, 1.54) is 19.3 Å². The number of ketones is 3. The maximum Gasteiger partial charge on any atom is 0.233 e. The molecule has 1 heterocycles. The van der Waals surface area contributed by atoms with Crippen LogP contribution in [0.5, 0.6) is 0 Å². The van der Waals surface area contributed by atoms with Gasteiger partial charge < -0.3 is 4.42 Å². The van der Waals surface area contributed by atoms with Crippen LogP contribution in [0, 0.1) is 5.92 Å². The Hall–Kier alpha value is -1.97. The third-order valence-electron chi connectivity index (χ3n) is 2.35. The van der Waals surface area contributed by atoms with E-state index in [0.717, 1.165) is 0 Å². The zero-order valence-electron chi connectivity index (χ0n) is 8.02. The highest BCUT2D eigenvalue weighted by Crippen LogP contribution is 2.22. The quantitative estimate of drug-likeness (QED) is 0.296. The molecule has 1 aromatic rings. The minimum Gasteiger partial charge on any atom is -0.465 e. The Morgan fingerprint density at radius 3 is 2.47 bits per heavy atom. The molecular weight excluding hydrogens is 196 g/mol. The summed E-state index contributed by atoms with van der Waals surface area (Å²) in [7, 11) is 0. The van der Waals surface area contributed by atoms with Gasteiger partial charge in [-0.25, -0.2) is 0 Å². The molecule has 1 saturated carbocycles. The second kappa shape index (κ2) is 3.31. The van der Waals surface area contributed by atoms with Crippen LogP contribution in [0.15, 0.2) is 28.4 Å². The fraction of sp³-hybridized carbons (Fsp3) is 0.182. The van der Waals surface area contributed by atoms with Crippen molar-refractivity contribution in [2.75, 3.05) is 0 Å². The van der Waals surface area contributed by atoms with E-state index in [4.69, 9.17) is 4.42 Å². The molecule has 1 atom stereocenters. The number of rotatable bonds is 1. The normalized spacial score (nSPS) is 24.2. The smallest absolute Gasteiger partial charge is 0.233 e. The van der Waals surface area contributed by atoms with Crippen molar-refractivity contribution in [1.29, 1.82) is 0 Å². The van der Waals surface area contributed by atoms with Crippen molar-refractivity contribution in [3.8, 4) is 0 Å². The first-order valence-electron chi connectivity index (χ1n) is 4.49. The van der Waals surface area contributed by atoms with Gasteiger partial charge in [-0.3, -0.25) is 14.4 Å². The summed E-state index contributed by atoms with van der Waals surface area (Å²) in [6, 6.07) is 3.25. The summed E-state index contributed by atoms with van der Waals surface area (Å²) < 4.78 is 4.97. The van der Waals surface area contributed by atoms with Gasteiger partial charge in [0.15, 0.2) is 5.78 Å². The van der Waals surface area contributed by atoms with Crippen LogP contribution in [0.1, 0.15) is 12.7 Å². The lowest BCUT2D eigenvalue weighted by atomic mass is 10.1. The van der Waals surface area contributed by atoms with Crippen molar-refractivity contribution in [3.63, 3.8) is 0 Å². The Balaban J connectivity index is 2.43. The SMILES string of the molecule is CC1C(=O)C(=O)C(=Cc2ccco2)C1=O. The largest absolute Gasteiger partial charge is 0.465 e. The number of hydrogen-bond acceptors (Lipinski definition) is 4. The van der Waals surface area contributed by atoms with Gasteiger partial charge in [0, 0.05) is 0 Å². The molecule has 15 heavy (non-hydrogen) atoms. The van der Waals surface area contributed by atoms with Gasteiger partial charge in [0.1, 0.15) is 5.76 Å². The number of Topliss-reactive ketones (excluding diaryl/α,β-unsaturated/α-hetero) is 3. The zero-order valence-corrected chi connectivity index (χ0v) is 8.02. The number of carbonyl (C=O) groups excluding carboxylic acids is 3. The molecule has 76 valence electrons. The molecule has 0 spiro atoms. The maximum atomic E-state index is 11.5. The van der Waals surface area contributed by atoms with E-state index in [1.54, 1.807) is 12.1 Å². The standard InChI is InChI=1S/C11H8O4/c1-6-9(12)8(11(14)10(6)13)5-7-3-2-4-15-7/h2-6H,1H3. The van der Waals surface area contributed by atoms with Crippen molar-refractivity contribution in [2.45, 2.75) is 6.92 Å². The number of carbonyl (C=O) groups is 3. The second-order valence-corrected chi connectivity index (χ2v) is 3.35. The number of hydrogen-bond donors (Lipinski definition) is 0.